The zero-order chi connectivity index (χ0) is 14.4. The molecule has 20 heavy (non-hydrogen) atoms. The normalized spacial score (nSPS) is 23.0. The van der Waals surface area contributed by atoms with Crippen molar-refractivity contribution in [1.82, 2.24) is 10.6 Å². The number of amides is 2. The summed E-state index contributed by atoms with van der Waals surface area (Å²) in [5, 5.41) is 15.2. The highest BCUT2D eigenvalue weighted by molar-refractivity contribution is 5.78. The molecule has 2 rings (SSSR count). The second-order valence-electron chi connectivity index (χ2n) is 6.31. The van der Waals surface area contributed by atoms with Gasteiger partial charge in [0.05, 0.1) is 5.41 Å². The van der Waals surface area contributed by atoms with E-state index in [2.05, 4.69) is 10.6 Å². The lowest BCUT2D eigenvalue weighted by Crippen LogP contribution is -2.49. The second kappa shape index (κ2) is 6.95. The third-order valence-corrected chi connectivity index (χ3v) is 4.79. The van der Waals surface area contributed by atoms with Crippen LogP contribution in [0.2, 0.25) is 0 Å². The Morgan fingerprint density at radius 2 is 1.60 bits per heavy atom. The molecule has 2 amide bonds. The molecule has 0 aromatic rings. The standard InChI is InChI=1S/C15H26N2O3/c18-13(19)15(9-5-2-6-10-15)11-16-14(20)17-12-7-3-1-4-8-12/h12H,1-11H2,(H,18,19)(H2,16,17,20). The van der Waals surface area contributed by atoms with Gasteiger partial charge in [0.1, 0.15) is 0 Å². The van der Waals surface area contributed by atoms with E-state index in [0.717, 1.165) is 32.1 Å². The lowest BCUT2D eigenvalue weighted by molar-refractivity contribution is -0.150. The fraction of sp³-hybridized carbons (Fsp3) is 0.867. The zero-order valence-corrected chi connectivity index (χ0v) is 12.1. The van der Waals surface area contributed by atoms with Gasteiger partial charge in [-0.05, 0) is 25.7 Å². The van der Waals surface area contributed by atoms with Crippen LogP contribution in [0.25, 0.3) is 0 Å². The number of nitrogens with one attached hydrogen (secondary N) is 2. The minimum absolute atomic E-state index is 0.205. The molecule has 0 spiro atoms. The van der Waals surface area contributed by atoms with E-state index >= 15 is 0 Å². The third kappa shape index (κ3) is 3.87. The summed E-state index contributed by atoms with van der Waals surface area (Å²) < 4.78 is 0. The van der Waals surface area contributed by atoms with Crippen LogP contribution in [0.5, 0.6) is 0 Å². The monoisotopic (exact) mass is 282 g/mol. The first-order valence-electron chi connectivity index (χ1n) is 7.90. The fourth-order valence-corrected chi connectivity index (χ4v) is 3.43. The van der Waals surface area contributed by atoms with Crippen LogP contribution in [0.4, 0.5) is 4.79 Å². The molecule has 0 bridgehead atoms. The minimum atomic E-state index is -0.768. The summed E-state index contributed by atoms with van der Waals surface area (Å²) in [6.45, 7) is 0.251. The van der Waals surface area contributed by atoms with Crippen LogP contribution in [-0.4, -0.2) is 29.7 Å². The molecule has 0 aromatic heterocycles. The zero-order valence-electron chi connectivity index (χ0n) is 12.1. The molecule has 5 heteroatoms. The smallest absolute Gasteiger partial charge is 0.315 e. The van der Waals surface area contributed by atoms with Gasteiger partial charge in [0.15, 0.2) is 0 Å². The van der Waals surface area contributed by atoms with Crippen molar-refractivity contribution in [3.8, 4) is 0 Å². The van der Waals surface area contributed by atoms with E-state index in [1.807, 2.05) is 0 Å². The van der Waals surface area contributed by atoms with Gasteiger partial charge in [-0.2, -0.15) is 0 Å². The highest BCUT2D eigenvalue weighted by Crippen LogP contribution is 2.35. The summed E-state index contributed by atoms with van der Waals surface area (Å²) in [5.74, 6) is -0.768. The number of carboxylic acids is 1. The van der Waals surface area contributed by atoms with Crippen molar-refractivity contribution in [2.24, 2.45) is 5.41 Å². The molecule has 0 atom stereocenters. The van der Waals surface area contributed by atoms with Gasteiger partial charge in [0.2, 0.25) is 0 Å². The molecular formula is C15H26N2O3. The van der Waals surface area contributed by atoms with Gasteiger partial charge in [-0.1, -0.05) is 38.5 Å². The lowest BCUT2D eigenvalue weighted by Gasteiger charge is -2.33. The first kappa shape index (κ1) is 15.1. The summed E-state index contributed by atoms with van der Waals surface area (Å²) in [6.07, 6.45) is 10.0. The van der Waals surface area contributed by atoms with Crippen molar-refractivity contribution >= 4 is 12.0 Å². The summed E-state index contributed by atoms with van der Waals surface area (Å²) in [6, 6.07) is 0.0546. The van der Waals surface area contributed by atoms with E-state index in [4.69, 9.17) is 0 Å². The topological polar surface area (TPSA) is 78.4 Å². The third-order valence-electron chi connectivity index (χ3n) is 4.79. The fourth-order valence-electron chi connectivity index (χ4n) is 3.43. The van der Waals surface area contributed by atoms with Crippen molar-refractivity contribution < 1.29 is 14.7 Å². The van der Waals surface area contributed by atoms with Crippen molar-refractivity contribution in [3.63, 3.8) is 0 Å². The predicted octanol–water partition coefficient (Wildman–Crippen LogP) is 2.65. The van der Waals surface area contributed by atoms with Crippen LogP contribution in [0.3, 0.4) is 0 Å². The van der Waals surface area contributed by atoms with E-state index in [1.54, 1.807) is 0 Å². The maximum atomic E-state index is 11.9. The molecule has 0 aromatic carbocycles. The summed E-state index contributed by atoms with van der Waals surface area (Å²) >= 11 is 0. The molecule has 3 N–H and O–H groups in total. The molecule has 5 nitrogen and oxygen atoms in total. The van der Waals surface area contributed by atoms with Gasteiger partial charge in [-0.15, -0.1) is 0 Å². The molecule has 2 aliphatic rings. The van der Waals surface area contributed by atoms with Gasteiger partial charge in [0, 0.05) is 12.6 Å². The molecule has 2 aliphatic carbocycles. The van der Waals surface area contributed by atoms with Crippen molar-refractivity contribution in [3.05, 3.63) is 0 Å². The summed E-state index contributed by atoms with van der Waals surface area (Å²) in [7, 11) is 0. The number of carbonyl (C=O) groups is 2. The maximum Gasteiger partial charge on any atom is 0.315 e. The molecule has 0 aliphatic heterocycles. The number of hydrogen-bond donors (Lipinski definition) is 3. The number of carboxylic acid groups (broad SMARTS) is 1. The van der Waals surface area contributed by atoms with Crippen LogP contribution in [0, 0.1) is 5.41 Å². The Kier molecular flexibility index (Phi) is 5.26. The van der Waals surface area contributed by atoms with Gasteiger partial charge in [-0.25, -0.2) is 4.79 Å². The molecule has 114 valence electrons. The van der Waals surface area contributed by atoms with Crippen molar-refractivity contribution in [1.29, 1.82) is 0 Å². The predicted molar refractivity (Wildman–Crippen MR) is 76.6 cm³/mol. The van der Waals surface area contributed by atoms with Crippen LogP contribution < -0.4 is 10.6 Å². The molecule has 0 radical (unpaired) electrons. The van der Waals surface area contributed by atoms with Crippen LogP contribution in [-0.2, 0) is 4.79 Å². The quantitative estimate of drug-likeness (QED) is 0.741. The van der Waals surface area contributed by atoms with Gasteiger partial charge in [0.25, 0.3) is 0 Å². The SMILES string of the molecule is O=C(NCC1(C(=O)O)CCCCC1)NC1CCCCC1. The van der Waals surface area contributed by atoms with Gasteiger partial charge < -0.3 is 15.7 Å². The Balaban J connectivity index is 1.79. The van der Waals surface area contributed by atoms with Crippen LogP contribution >= 0.6 is 0 Å². The largest absolute Gasteiger partial charge is 0.481 e. The highest BCUT2D eigenvalue weighted by atomic mass is 16.4. The molecule has 0 unspecified atom stereocenters. The number of aliphatic carboxylic acids is 1. The van der Waals surface area contributed by atoms with Gasteiger partial charge >= 0.3 is 12.0 Å². The van der Waals surface area contributed by atoms with Gasteiger partial charge in [-0.3, -0.25) is 4.79 Å². The van der Waals surface area contributed by atoms with Crippen molar-refractivity contribution in [2.75, 3.05) is 6.54 Å². The highest BCUT2D eigenvalue weighted by Gasteiger charge is 2.39. The summed E-state index contributed by atoms with van der Waals surface area (Å²) in [5.41, 5.74) is -0.748. The van der Waals surface area contributed by atoms with Crippen LogP contribution in [0.1, 0.15) is 64.2 Å². The molecule has 0 saturated heterocycles. The van der Waals surface area contributed by atoms with E-state index in [-0.39, 0.29) is 18.6 Å². The average Bonchev–Trinajstić information content (AvgIpc) is 2.47. The van der Waals surface area contributed by atoms with E-state index in [0.29, 0.717) is 12.8 Å². The minimum Gasteiger partial charge on any atom is -0.481 e. The Labute approximate surface area is 120 Å². The number of hydrogen-bond acceptors (Lipinski definition) is 2. The lowest BCUT2D eigenvalue weighted by atomic mass is 9.74. The van der Waals surface area contributed by atoms with E-state index < -0.39 is 11.4 Å². The molecule has 2 saturated carbocycles. The van der Waals surface area contributed by atoms with E-state index in [1.165, 1.54) is 19.3 Å². The summed E-state index contributed by atoms with van der Waals surface area (Å²) in [4.78, 5) is 23.4. The Hall–Kier alpha value is -1.26. The number of urea groups is 1. The number of rotatable bonds is 4. The van der Waals surface area contributed by atoms with Crippen LogP contribution in [0.15, 0.2) is 0 Å². The molecule has 0 heterocycles. The molecule has 2 fully saturated rings. The van der Waals surface area contributed by atoms with Crippen molar-refractivity contribution in [2.45, 2.75) is 70.3 Å². The Morgan fingerprint density at radius 1 is 1.00 bits per heavy atom. The number of carbonyl (C=O) groups excluding carboxylic acids is 1. The Bertz CT molecular complexity index is 345. The first-order chi connectivity index (χ1) is 9.62. The molecular weight excluding hydrogens is 256 g/mol. The second-order valence-corrected chi connectivity index (χ2v) is 6.31. The maximum absolute atomic E-state index is 11.9. The van der Waals surface area contributed by atoms with E-state index in [9.17, 15) is 14.7 Å². The average molecular weight is 282 g/mol. The Morgan fingerprint density at radius 3 is 2.20 bits per heavy atom. The first-order valence-corrected chi connectivity index (χ1v) is 7.90.